The van der Waals surface area contributed by atoms with Crippen LogP contribution in [0.3, 0.4) is 0 Å². The van der Waals surface area contributed by atoms with Crippen molar-refractivity contribution in [1.29, 1.82) is 0 Å². The first-order chi connectivity index (χ1) is 10.6. The fourth-order valence-electron chi connectivity index (χ4n) is 2.27. The van der Waals surface area contributed by atoms with E-state index in [2.05, 4.69) is 60.1 Å². The maximum Gasteiger partial charge on any atom is 0.0976 e. The monoisotopic (exact) mass is 346 g/mol. The molecular weight excluding hydrogens is 328 g/mol. The van der Waals surface area contributed by atoms with Gasteiger partial charge in [0.25, 0.3) is 0 Å². The van der Waals surface area contributed by atoms with E-state index in [0.29, 0.717) is 5.75 Å². The lowest BCUT2D eigenvalue weighted by atomic mass is 9.98. The number of aliphatic hydroxyl groups is 1. The lowest BCUT2D eigenvalue weighted by molar-refractivity contribution is 0.0850. The van der Waals surface area contributed by atoms with Crippen molar-refractivity contribution in [3.8, 4) is 9.75 Å². The number of rotatable bonds is 5. The van der Waals surface area contributed by atoms with E-state index in [1.165, 1.54) is 20.2 Å². The van der Waals surface area contributed by atoms with E-state index in [0.717, 1.165) is 5.56 Å². The minimum Gasteiger partial charge on any atom is -0.385 e. The molecule has 114 valence electrons. The Morgan fingerprint density at radius 1 is 1.05 bits per heavy atom. The van der Waals surface area contributed by atoms with Gasteiger partial charge in [0.15, 0.2) is 0 Å². The van der Waals surface area contributed by atoms with E-state index < -0.39 is 5.60 Å². The summed E-state index contributed by atoms with van der Waals surface area (Å²) in [7, 11) is 0. The van der Waals surface area contributed by atoms with Gasteiger partial charge in [-0.1, -0.05) is 23.8 Å². The van der Waals surface area contributed by atoms with Gasteiger partial charge in [-0.2, -0.15) is 0 Å². The topological polar surface area (TPSA) is 20.2 Å². The predicted molar refractivity (Wildman–Crippen MR) is 99.1 cm³/mol. The fourth-order valence-corrected chi connectivity index (χ4v) is 5.11. The molecule has 0 spiro atoms. The smallest absolute Gasteiger partial charge is 0.0976 e. The third-order valence-corrected chi connectivity index (χ3v) is 6.81. The summed E-state index contributed by atoms with van der Waals surface area (Å²) in [6.45, 7) is 4.00. The lowest BCUT2D eigenvalue weighted by Gasteiger charge is -2.23. The van der Waals surface area contributed by atoms with Gasteiger partial charge in [0.2, 0.25) is 0 Å². The van der Waals surface area contributed by atoms with Crippen LogP contribution >= 0.6 is 34.4 Å². The summed E-state index contributed by atoms with van der Waals surface area (Å²) >= 11 is 5.12. The average molecular weight is 347 g/mol. The van der Waals surface area contributed by atoms with Crippen LogP contribution in [0.4, 0.5) is 0 Å². The van der Waals surface area contributed by atoms with Gasteiger partial charge in [0, 0.05) is 21.1 Å². The van der Waals surface area contributed by atoms with Crippen LogP contribution in [0.2, 0.25) is 0 Å². The second-order valence-corrected chi connectivity index (χ2v) is 8.43. The van der Waals surface area contributed by atoms with Crippen molar-refractivity contribution in [2.45, 2.75) is 24.3 Å². The van der Waals surface area contributed by atoms with Gasteiger partial charge in [0.05, 0.1) is 10.5 Å². The van der Waals surface area contributed by atoms with Crippen LogP contribution in [0.5, 0.6) is 0 Å². The van der Waals surface area contributed by atoms with Crippen LogP contribution in [0.1, 0.15) is 18.1 Å². The summed E-state index contributed by atoms with van der Waals surface area (Å²) in [5.74, 6) is 0.644. The number of thioether (sulfide) groups is 1. The average Bonchev–Trinajstić information content (AvgIpc) is 3.17. The van der Waals surface area contributed by atoms with Crippen LogP contribution in [0, 0.1) is 6.92 Å². The second-order valence-electron chi connectivity index (χ2n) is 5.52. The van der Waals surface area contributed by atoms with Crippen molar-refractivity contribution in [2.24, 2.45) is 0 Å². The highest BCUT2D eigenvalue weighted by atomic mass is 32.2. The van der Waals surface area contributed by atoms with Crippen molar-refractivity contribution < 1.29 is 5.11 Å². The molecule has 1 unspecified atom stereocenters. The molecule has 1 atom stereocenters. The molecule has 3 aromatic rings. The van der Waals surface area contributed by atoms with E-state index in [1.807, 2.05) is 6.92 Å². The molecule has 0 amide bonds. The first kappa shape index (κ1) is 15.8. The molecule has 0 bridgehead atoms. The number of hydrogen-bond donors (Lipinski definition) is 1. The Labute approximate surface area is 143 Å². The van der Waals surface area contributed by atoms with E-state index in [-0.39, 0.29) is 0 Å². The molecule has 0 fully saturated rings. The molecule has 0 aliphatic carbocycles. The zero-order valence-corrected chi connectivity index (χ0v) is 15.0. The van der Waals surface area contributed by atoms with Crippen LogP contribution < -0.4 is 0 Å². The van der Waals surface area contributed by atoms with Gasteiger partial charge in [-0.3, -0.25) is 0 Å². The summed E-state index contributed by atoms with van der Waals surface area (Å²) in [4.78, 5) is 3.61. The largest absolute Gasteiger partial charge is 0.385 e. The molecule has 0 saturated carbocycles. The molecule has 1 aromatic carbocycles. The highest BCUT2D eigenvalue weighted by molar-refractivity contribution is 7.99. The Morgan fingerprint density at radius 2 is 1.82 bits per heavy atom. The minimum atomic E-state index is -0.838. The Kier molecular flexibility index (Phi) is 4.73. The molecule has 1 N–H and O–H groups in total. The Balaban J connectivity index is 1.78. The number of thiophene rings is 2. The van der Waals surface area contributed by atoms with Gasteiger partial charge in [-0.25, -0.2) is 0 Å². The molecule has 4 heteroatoms. The van der Waals surface area contributed by atoms with E-state index >= 15 is 0 Å². The van der Waals surface area contributed by atoms with Gasteiger partial charge >= 0.3 is 0 Å². The van der Waals surface area contributed by atoms with E-state index in [9.17, 15) is 5.11 Å². The maximum atomic E-state index is 11.0. The minimum absolute atomic E-state index is 0.644. The molecule has 3 rings (SSSR count). The van der Waals surface area contributed by atoms with Crippen molar-refractivity contribution >= 4 is 34.4 Å². The summed E-state index contributed by atoms with van der Waals surface area (Å²) in [6, 6.07) is 14.7. The van der Waals surface area contributed by atoms with Crippen LogP contribution in [-0.2, 0) is 5.60 Å². The van der Waals surface area contributed by atoms with Crippen molar-refractivity contribution in [3.63, 3.8) is 0 Å². The molecule has 2 heterocycles. The Hall–Kier alpha value is -1.07. The van der Waals surface area contributed by atoms with Crippen LogP contribution in [-0.4, -0.2) is 10.9 Å². The van der Waals surface area contributed by atoms with Crippen molar-refractivity contribution in [2.75, 3.05) is 5.75 Å². The van der Waals surface area contributed by atoms with Gasteiger partial charge in [-0.05, 0) is 48.9 Å². The van der Waals surface area contributed by atoms with Crippen molar-refractivity contribution in [1.82, 2.24) is 0 Å². The fraction of sp³-hybridized carbons (Fsp3) is 0.222. The Bertz CT molecular complexity index is 724. The number of hydrogen-bond acceptors (Lipinski definition) is 4. The highest BCUT2D eigenvalue weighted by Crippen LogP contribution is 2.40. The predicted octanol–water partition coefficient (Wildman–Crippen LogP) is 5.78. The molecule has 1 nitrogen and oxygen atoms in total. The zero-order chi connectivity index (χ0) is 15.6. The van der Waals surface area contributed by atoms with Crippen LogP contribution in [0.25, 0.3) is 9.75 Å². The zero-order valence-electron chi connectivity index (χ0n) is 12.6. The second kappa shape index (κ2) is 6.59. The standard InChI is InChI=1S/C18H18OS3/c1-13-5-7-14(8-6-13)22-12-18(2,19)15-9-11-21-17(15)16-4-3-10-20-16/h3-11,19H,12H2,1-2H3. The summed E-state index contributed by atoms with van der Waals surface area (Å²) in [5.41, 5.74) is 1.45. The molecule has 0 radical (unpaired) electrons. The third-order valence-electron chi connectivity index (χ3n) is 3.53. The van der Waals surface area contributed by atoms with E-state index in [1.54, 1.807) is 34.4 Å². The first-order valence-corrected chi connectivity index (χ1v) is 9.84. The van der Waals surface area contributed by atoms with Crippen molar-refractivity contribution in [3.05, 3.63) is 64.4 Å². The molecule has 0 aliphatic heterocycles. The van der Waals surface area contributed by atoms with Crippen LogP contribution in [0.15, 0.2) is 58.1 Å². The third kappa shape index (κ3) is 3.46. The molecule has 0 aliphatic rings. The molecule has 22 heavy (non-hydrogen) atoms. The Morgan fingerprint density at radius 3 is 2.50 bits per heavy atom. The number of aryl methyl sites for hydroxylation is 1. The number of benzene rings is 1. The van der Waals surface area contributed by atoms with Gasteiger partial charge < -0.3 is 5.11 Å². The SMILES string of the molecule is Cc1ccc(SCC(C)(O)c2ccsc2-c2cccs2)cc1. The first-order valence-electron chi connectivity index (χ1n) is 7.10. The summed E-state index contributed by atoms with van der Waals surface area (Å²) < 4.78 is 0. The maximum absolute atomic E-state index is 11.0. The molecule has 0 saturated heterocycles. The molecule has 2 aromatic heterocycles. The normalized spacial score (nSPS) is 14.0. The highest BCUT2D eigenvalue weighted by Gasteiger charge is 2.28. The quantitative estimate of drug-likeness (QED) is 0.591. The lowest BCUT2D eigenvalue weighted by Crippen LogP contribution is -2.24. The van der Waals surface area contributed by atoms with Gasteiger partial charge in [-0.15, -0.1) is 34.4 Å². The molecular formula is C18H18OS3. The summed E-state index contributed by atoms with van der Waals surface area (Å²) in [6.07, 6.45) is 0. The summed E-state index contributed by atoms with van der Waals surface area (Å²) in [5, 5.41) is 15.1. The van der Waals surface area contributed by atoms with Gasteiger partial charge in [0.1, 0.15) is 0 Å². The van der Waals surface area contributed by atoms with E-state index in [4.69, 9.17) is 0 Å².